The largest absolute Gasteiger partial charge is 0.377 e. The van der Waals surface area contributed by atoms with E-state index in [0.717, 1.165) is 44.1 Å². The van der Waals surface area contributed by atoms with Gasteiger partial charge in [0.15, 0.2) is 5.82 Å². The third kappa shape index (κ3) is 7.85. The van der Waals surface area contributed by atoms with Gasteiger partial charge in [-0.05, 0) is 19.3 Å². The van der Waals surface area contributed by atoms with Crippen molar-refractivity contribution in [2.75, 3.05) is 30.9 Å². The van der Waals surface area contributed by atoms with Crippen molar-refractivity contribution in [1.29, 1.82) is 0 Å². The Hall–Kier alpha value is -2.29. The Balaban J connectivity index is 2.30. The third-order valence-corrected chi connectivity index (χ3v) is 4.32. The van der Waals surface area contributed by atoms with E-state index in [-0.39, 0.29) is 11.9 Å². The molecule has 0 bridgehead atoms. The number of hydrogen-bond donors (Lipinski definition) is 2. The zero-order valence-corrected chi connectivity index (χ0v) is 18.4. The Morgan fingerprint density at radius 2 is 1.33 bits per heavy atom. The predicted molar refractivity (Wildman–Crippen MR) is 119 cm³/mol. The van der Waals surface area contributed by atoms with Crippen molar-refractivity contribution in [2.45, 2.75) is 65.4 Å². The quantitative estimate of drug-likeness (QED) is 0.320. The lowest BCUT2D eigenvalue weighted by atomic mass is 10.2. The van der Waals surface area contributed by atoms with Crippen LogP contribution in [0.4, 0.5) is 11.9 Å². The van der Waals surface area contributed by atoms with Gasteiger partial charge in [0.1, 0.15) is 0 Å². The first-order valence-electron chi connectivity index (χ1n) is 10.9. The topological polar surface area (TPSA) is 104 Å². The van der Waals surface area contributed by atoms with Crippen LogP contribution in [0.3, 0.4) is 0 Å². The average Bonchev–Trinajstić information content (AvgIpc) is 2.74. The van der Waals surface area contributed by atoms with Gasteiger partial charge in [0, 0.05) is 5.56 Å². The fraction of sp³-hybridized carbons (Fsp3) is 0.591. The number of aromatic nitrogens is 3. The maximum absolute atomic E-state index is 6.06. The molecule has 0 aliphatic rings. The first-order chi connectivity index (χ1) is 14.6. The predicted octanol–water partition coefficient (Wildman–Crippen LogP) is 4.59. The van der Waals surface area contributed by atoms with E-state index in [1.54, 1.807) is 0 Å². The maximum Gasteiger partial charge on any atom is 0.377 e. The fourth-order valence-corrected chi connectivity index (χ4v) is 2.59. The highest BCUT2D eigenvalue weighted by atomic mass is 16.9. The highest BCUT2D eigenvalue weighted by Gasteiger charge is 2.35. The monoisotopic (exact) mass is 417 g/mol. The first-order valence-corrected chi connectivity index (χ1v) is 10.9. The summed E-state index contributed by atoms with van der Waals surface area (Å²) in [5.74, 6) is 0.817. The van der Waals surface area contributed by atoms with Gasteiger partial charge < -0.3 is 19.9 Å². The van der Waals surface area contributed by atoms with Gasteiger partial charge in [-0.2, -0.15) is 15.0 Å². The summed E-state index contributed by atoms with van der Waals surface area (Å²) >= 11 is 0. The molecule has 1 aromatic carbocycles. The summed E-state index contributed by atoms with van der Waals surface area (Å²) in [5.41, 5.74) is 6.79. The smallest absolute Gasteiger partial charge is 0.368 e. The SMILES string of the molecule is CCCCOC(Nc1nc(N)nc(-c2ccccc2)n1)(OCCCC)OCCCC. The minimum Gasteiger partial charge on any atom is -0.368 e. The highest BCUT2D eigenvalue weighted by Crippen LogP contribution is 2.23. The number of unbranched alkanes of at least 4 members (excludes halogenated alkanes) is 3. The lowest BCUT2D eigenvalue weighted by Crippen LogP contribution is -2.48. The van der Waals surface area contributed by atoms with Crippen molar-refractivity contribution < 1.29 is 14.2 Å². The van der Waals surface area contributed by atoms with E-state index in [1.165, 1.54) is 0 Å². The van der Waals surface area contributed by atoms with Crippen molar-refractivity contribution >= 4 is 11.9 Å². The van der Waals surface area contributed by atoms with Crippen LogP contribution >= 0.6 is 0 Å². The van der Waals surface area contributed by atoms with E-state index in [0.29, 0.717) is 25.6 Å². The van der Waals surface area contributed by atoms with Crippen LogP contribution in [0.1, 0.15) is 59.3 Å². The van der Waals surface area contributed by atoms with Crippen LogP contribution in [-0.2, 0) is 14.2 Å². The molecule has 1 heterocycles. The zero-order valence-electron chi connectivity index (χ0n) is 18.4. The van der Waals surface area contributed by atoms with E-state index in [1.807, 2.05) is 30.3 Å². The molecule has 30 heavy (non-hydrogen) atoms. The fourth-order valence-electron chi connectivity index (χ4n) is 2.59. The molecule has 0 unspecified atom stereocenters. The molecule has 0 radical (unpaired) electrons. The summed E-state index contributed by atoms with van der Waals surface area (Å²) in [5, 5.41) is 3.11. The second-order valence-corrected chi connectivity index (χ2v) is 6.99. The van der Waals surface area contributed by atoms with E-state index in [9.17, 15) is 0 Å². The van der Waals surface area contributed by atoms with E-state index in [4.69, 9.17) is 19.9 Å². The van der Waals surface area contributed by atoms with Crippen LogP contribution in [0.2, 0.25) is 0 Å². The third-order valence-electron chi connectivity index (χ3n) is 4.32. The standard InChI is InChI=1S/C22H35N5O3/c1-4-7-15-28-22(29-16-8-5-2,30-17-9-6-3)27-21-25-19(24-20(23)26-21)18-13-11-10-12-14-18/h10-14H,4-9,15-17H2,1-3H3,(H3,23,24,25,26,27). The molecule has 166 valence electrons. The van der Waals surface area contributed by atoms with Gasteiger partial charge in [-0.25, -0.2) is 0 Å². The molecular weight excluding hydrogens is 382 g/mol. The lowest BCUT2D eigenvalue weighted by Gasteiger charge is -2.33. The molecule has 0 atom stereocenters. The van der Waals surface area contributed by atoms with Crippen LogP contribution in [0.5, 0.6) is 0 Å². The van der Waals surface area contributed by atoms with Crippen LogP contribution in [-0.4, -0.2) is 40.9 Å². The van der Waals surface area contributed by atoms with E-state index in [2.05, 4.69) is 41.0 Å². The number of anilines is 2. The van der Waals surface area contributed by atoms with Gasteiger partial charge in [-0.15, -0.1) is 0 Å². The number of nitrogens with one attached hydrogen (secondary N) is 1. The molecule has 0 spiro atoms. The average molecular weight is 418 g/mol. The van der Waals surface area contributed by atoms with Gasteiger partial charge in [0.2, 0.25) is 11.9 Å². The van der Waals surface area contributed by atoms with Crippen LogP contribution in [0.25, 0.3) is 11.4 Å². The lowest BCUT2D eigenvalue weighted by molar-refractivity contribution is -0.363. The summed E-state index contributed by atoms with van der Waals surface area (Å²) in [6, 6.07) is 9.60. The Morgan fingerprint density at radius 3 is 1.83 bits per heavy atom. The summed E-state index contributed by atoms with van der Waals surface area (Å²) in [4.78, 5) is 13.0. The second kappa shape index (κ2) is 13.1. The number of nitrogens with two attached hydrogens (primary N) is 1. The number of hydrogen-bond acceptors (Lipinski definition) is 8. The van der Waals surface area contributed by atoms with Crippen LogP contribution in [0, 0.1) is 0 Å². The van der Waals surface area contributed by atoms with Crippen molar-refractivity contribution in [1.82, 2.24) is 15.0 Å². The minimum atomic E-state index is -1.47. The number of nitrogens with zero attached hydrogens (tertiary/aromatic N) is 3. The van der Waals surface area contributed by atoms with E-state index < -0.39 is 6.10 Å². The molecule has 8 nitrogen and oxygen atoms in total. The van der Waals surface area contributed by atoms with Crippen LogP contribution < -0.4 is 11.1 Å². The number of ether oxygens (including phenoxy) is 3. The first kappa shape index (κ1) is 24.0. The van der Waals surface area contributed by atoms with Crippen molar-refractivity contribution in [3.63, 3.8) is 0 Å². The summed E-state index contributed by atoms with van der Waals surface area (Å²) < 4.78 is 18.2. The molecule has 0 saturated heterocycles. The van der Waals surface area contributed by atoms with Crippen LogP contribution in [0.15, 0.2) is 30.3 Å². The molecule has 2 rings (SSSR count). The molecule has 3 N–H and O–H groups in total. The number of benzene rings is 1. The Bertz CT molecular complexity index is 703. The molecule has 0 aliphatic heterocycles. The zero-order chi connectivity index (χ0) is 21.7. The van der Waals surface area contributed by atoms with Crippen molar-refractivity contribution in [3.05, 3.63) is 30.3 Å². The van der Waals surface area contributed by atoms with E-state index >= 15 is 0 Å². The second-order valence-electron chi connectivity index (χ2n) is 6.99. The van der Waals surface area contributed by atoms with Gasteiger partial charge in [-0.1, -0.05) is 70.4 Å². The van der Waals surface area contributed by atoms with Crippen molar-refractivity contribution in [3.8, 4) is 11.4 Å². The highest BCUT2D eigenvalue weighted by molar-refractivity contribution is 5.57. The summed E-state index contributed by atoms with van der Waals surface area (Å²) in [6.45, 7) is 7.75. The molecular formula is C22H35N5O3. The molecule has 0 aliphatic carbocycles. The maximum atomic E-state index is 6.06. The molecule has 0 fully saturated rings. The molecule has 8 heteroatoms. The minimum absolute atomic E-state index is 0.107. The normalized spacial score (nSPS) is 11.6. The molecule has 0 amide bonds. The van der Waals surface area contributed by atoms with Gasteiger partial charge in [0.25, 0.3) is 0 Å². The van der Waals surface area contributed by atoms with Gasteiger partial charge >= 0.3 is 6.10 Å². The molecule has 0 saturated carbocycles. The number of rotatable bonds is 15. The molecule has 2 aromatic rings. The van der Waals surface area contributed by atoms with Crippen molar-refractivity contribution in [2.24, 2.45) is 0 Å². The Labute approximate surface area is 179 Å². The summed E-state index contributed by atoms with van der Waals surface area (Å²) in [6.07, 6.45) is 4.16. The van der Waals surface area contributed by atoms with Gasteiger partial charge in [0.05, 0.1) is 19.8 Å². The number of nitrogen functional groups attached to an aromatic ring is 1. The Morgan fingerprint density at radius 1 is 0.800 bits per heavy atom. The molecule has 1 aromatic heterocycles. The summed E-state index contributed by atoms with van der Waals surface area (Å²) in [7, 11) is 0. The van der Waals surface area contributed by atoms with Gasteiger partial charge in [-0.3, -0.25) is 5.32 Å². The Kier molecular flexibility index (Phi) is 10.5.